The molecule has 0 radical (unpaired) electrons. The molecule has 1 saturated carbocycles. The van der Waals surface area contributed by atoms with Crippen LogP contribution in [0.1, 0.15) is 32.6 Å². The van der Waals surface area contributed by atoms with Crippen molar-refractivity contribution in [2.24, 2.45) is 17.6 Å². The quantitative estimate of drug-likeness (QED) is 0.772. The van der Waals surface area contributed by atoms with E-state index in [1.165, 1.54) is 6.42 Å². The summed E-state index contributed by atoms with van der Waals surface area (Å²) in [6.45, 7) is 2.94. The Kier molecular flexibility index (Phi) is 6.21. The largest absolute Gasteiger partial charge is 0.356 e. The summed E-state index contributed by atoms with van der Waals surface area (Å²) in [5.74, 6) is 1.85. The summed E-state index contributed by atoms with van der Waals surface area (Å²) in [6, 6.07) is 0.0737. The molecule has 0 aliphatic heterocycles. The van der Waals surface area contributed by atoms with Crippen molar-refractivity contribution >= 4 is 17.7 Å². The zero-order valence-corrected chi connectivity index (χ0v) is 11.2. The van der Waals surface area contributed by atoms with E-state index in [0.717, 1.165) is 31.6 Å². The van der Waals surface area contributed by atoms with Crippen LogP contribution in [-0.4, -0.2) is 30.5 Å². The normalized spacial score (nSPS) is 27.4. The molecule has 3 unspecified atom stereocenters. The standard InChI is InChI=1S/C12H24N2OS/c1-9(8-16-2)7-14-12(15)10-5-3-4-6-11(10)13/h9-11H,3-8,13H2,1-2H3,(H,14,15). The Labute approximate surface area is 103 Å². The maximum atomic E-state index is 11.9. The van der Waals surface area contributed by atoms with E-state index < -0.39 is 0 Å². The molecule has 1 fully saturated rings. The van der Waals surface area contributed by atoms with Crippen molar-refractivity contribution in [2.75, 3.05) is 18.6 Å². The zero-order chi connectivity index (χ0) is 12.0. The zero-order valence-electron chi connectivity index (χ0n) is 10.4. The van der Waals surface area contributed by atoms with Crippen molar-refractivity contribution in [1.29, 1.82) is 0 Å². The van der Waals surface area contributed by atoms with Crippen LogP contribution < -0.4 is 11.1 Å². The number of hydrogen-bond acceptors (Lipinski definition) is 3. The Balaban J connectivity index is 2.28. The second-order valence-electron chi connectivity index (χ2n) is 4.86. The molecule has 16 heavy (non-hydrogen) atoms. The summed E-state index contributed by atoms with van der Waals surface area (Å²) in [5, 5.41) is 3.04. The number of nitrogens with one attached hydrogen (secondary N) is 1. The first-order chi connectivity index (χ1) is 7.65. The van der Waals surface area contributed by atoms with Gasteiger partial charge in [-0.25, -0.2) is 0 Å². The monoisotopic (exact) mass is 244 g/mol. The molecule has 1 aliphatic carbocycles. The van der Waals surface area contributed by atoms with Gasteiger partial charge in [0.15, 0.2) is 0 Å². The van der Waals surface area contributed by atoms with Crippen molar-refractivity contribution in [3.05, 3.63) is 0 Å². The van der Waals surface area contributed by atoms with Gasteiger partial charge in [0, 0.05) is 12.6 Å². The SMILES string of the molecule is CSCC(C)CNC(=O)C1CCCCC1N. The molecular weight excluding hydrogens is 220 g/mol. The molecule has 4 heteroatoms. The molecule has 0 aromatic rings. The maximum absolute atomic E-state index is 11.9. The van der Waals surface area contributed by atoms with E-state index in [4.69, 9.17) is 5.73 Å². The van der Waals surface area contributed by atoms with Crippen molar-refractivity contribution in [3.8, 4) is 0 Å². The van der Waals surface area contributed by atoms with Gasteiger partial charge >= 0.3 is 0 Å². The third-order valence-corrected chi connectivity index (χ3v) is 4.13. The fraction of sp³-hybridized carbons (Fsp3) is 0.917. The highest BCUT2D eigenvalue weighted by Gasteiger charge is 2.27. The van der Waals surface area contributed by atoms with Gasteiger partial charge in [-0.1, -0.05) is 19.8 Å². The van der Waals surface area contributed by atoms with Crippen LogP contribution in [0.25, 0.3) is 0 Å². The minimum Gasteiger partial charge on any atom is -0.356 e. The lowest BCUT2D eigenvalue weighted by atomic mass is 9.84. The van der Waals surface area contributed by atoms with Gasteiger partial charge in [-0.15, -0.1) is 0 Å². The summed E-state index contributed by atoms with van der Waals surface area (Å²) in [7, 11) is 0. The van der Waals surface area contributed by atoms with Crippen LogP contribution in [0, 0.1) is 11.8 Å². The Morgan fingerprint density at radius 3 is 2.81 bits per heavy atom. The first-order valence-corrected chi connectivity index (χ1v) is 7.56. The summed E-state index contributed by atoms with van der Waals surface area (Å²) in [4.78, 5) is 11.9. The summed E-state index contributed by atoms with van der Waals surface area (Å²) >= 11 is 1.82. The second kappa shape index (κ2) is 7.17. The van der Waals surface area contributed by atoms with Gasteiger partial charge in [0.2, 0.25) is 5.91 Å². The molecule has 1 aliphatic rings. The molecule has 0 bridgehead atoms. The molecule has 0 heterocycles. The van der Waals surface area contributed by atoms with Crippen LogP contribution >= 0.6 is 11.8 Å². The molecule has 0 aromatic carbocycles. The molecular formula is C12H24N2OS. The minimum absolute atomic E-state index is 0.0511. The lowest BCUT2D eigenvalue weighted by Gasteiger charge is -2.27. The van der Waals surface area contributed by atoms with Gasteiger partial charge < -0.3 is 11.1 Å². The predicted octanol–water partition coefficient (Wildman–Crippen LogP) is 1.62. The number of carbonyl (C=O) groups excluding carboxylic acids is 1. The van der Waals surface area contributed by atoms with Gasteiger partial charge in [-0.05, 0) is 30.8 Å². The number of carbonyl (C=O) groups is 1. The van der Waals surface area contributed by atoms with E-state index in [2.05, 4.69) is 18.5 Å². The Bertz CT molecular complexity index is 223. The topological polar surface area (TPSA) is 55.1 Å². The van der Waals surface area contributed by atoms with Gasteiger partial charge in [0.1, 0.15) is 0 Å². The van der Waals surface area contributed by atoms with E-state index in [9.17, 15) is 4.79 Å². The van der Waals surface area contributed by atoms with Crippen LogP contribution in [0.4, 0.5) is 0 Å². The Morgan fingerprint density at radius 1 is 1.50 bits per heavy atom. The van der Waals surface area contributed by atoms with E-state index >= 15 is 0 Å². The lowest BCUT2D eigenvalue weighted by molar-refractivity contribution is -0.126. The van der Waals surface area contributed by atoms with Gasteiger partial charge in [0.25, 0.3) is 0 Å². The molecule has 1 amide bonds. The van der Waals surface area contributed by atoms with Crippen LogP contribution in [0.15, 0.2) is 0 Å². The van der Waals surface area contributed by atoms with E-state index in [1.54, 1.807) is 0 Å². The van der Waals surface area contributed by atoms with Crippen LogP contribution in [0.2, 0.25) is 0 Å². The van der Waals surface area contributed by atoms with Gasteiger partial charge in [-0.3, -0.25) is 4.79 Å². The molecule has 3 nitrogen and oxygen atoms in total. The lowest BCUT2D eigenvalue weighted by Crippen LogP contribution is -2.44. The highest BCUT2D eigenvalue weighted by atomic mass is 32.2. The average Bonchev–Trinajstić information content (AvgIpc) is 2.27. The smallest absolute Gasteiger partial charge is 0.224 e. The van der Waals surface area contributed by atoms with Crippen LogP contribution in [0.5, 0.6) is 0 Å². The highest BCUT2D eigenvalue weighted by molar-refractivity contribution is 7.98. The third-order valence-electron chi connectivity index (χ3n) is 3.23. The van der Waals surface area contributed by atoms with Gasteiger partial charge in [0.05, 0.1) is 5.92 Å². The molecule has 0 spiro atoms. The van der Waals surface area contributed by atoms with E-state index in [1.807, 2.05) is 11.8 Å². The molecule has 1 rings (SSSR count). The Hall–Kier alpha value is -0.220. The highest BCUT2D eigenvalue weighted by Crippen LogP contribution is 2.23. The minimum atomic E-state index is 0.0511. The number of rotatable bonds is 5. The van der Waals surface area contributed by atoms with E-state index in [0.29, 0.717) is 5.92 Å². The van der Waals surface area contributed by atoms with Crippen molar-refractivity contribution < 1.29 is 4.79 Å². The first-order valence-electron chi connectivity index (χ1n) is 6.17. The third kappa shape index (κ3) is 4.34. The molecule has 94 valence electrons. The van der Waals surface area contributed by atoms with Crippen LogP contribution in [0.3, 0.4) is 0 Å². The van der Waals surface area contributed by atoms with E-state index in [-0.39, 0.29) is 17.9 Å². The molecule has 3 N–H and O–H groups in total. The summed E-state index contributed by atoms with van der Waals surface area (Å²) in [5.41, 5.74) is 5.98. The van der Waals surface area contributed by atoms with Crippen LogP contribution in [-0.2, 0) is 4.79 Å². The van der Waals surface area contributed by atoms with Crippen molar-refractivity contribution in [3.63, 3.8) is 0 Å². The number of nitrogens with two attached hydrogens (primary N) is 1. The first kappa shape index (κ1) is 13.8. The summed E-state index contributed by atoms with van der Waals surface area (Å²) < 4.78 is 0. The van der Waals surface area contributed by atoms with Crippen molar-refractivity contribution in [1.82, 2.24) is 5.32 Å². The number of hydrogen-bond donors (Lipinski definition) is 2. The number of amides is 1. The van der Waals surface area contributed by atoms with Crippen molar-refractivity contribution in [2.45, 2.75) is 38.6 Å². The maximum Gasteiger partial charge on any atom is 0.224 e. The number of thioether (sulfide) groups is 1. The molecule has 3 atom stereocenters. The summed E-state index contributed by atoms with van der Waals surface area (Å²) in [6.07, 6.45) is 6.37. The fourth-order valence-electron chi connectivity index (χ4n) is 2.23. The second-order valence-corrected chi connectivity index (χ2v) is 5.77. The molecule has 0 saturated heterocycles. The van der Waals surface area contributed by atoms with Gasteiger partial charge in [-0.2, -0.15) is 11.8 Å². The Morgan fingerprint density at radius 2 is 2.19 bits per heavy atom. The predicted molar refractivity (Wildman–Crippen MR) is 70.5 cm³/mol. The average molecular weight is 244 g/mol. The molecule has 0 aromatic heterocycles. The fourth-order valence-corrected chi connectivity index (χ4v) is 2.92.